The maximum absolute atomic E-state index is 13.2. The first-order chi connectivity index (χ1) is 28.5. The molecular weight excluding hydrogens is 717 g/mol. The van der Waals surface area contributed by atoms with Crippen LogP contribution in [0.15, 0.2) is 48.5 Å². The normalized spacial score (nSPS) is 11.1. The first-order valence-electron chi connectivity index (χ1n) is 24.4. The third kappa shape index (κ3) is 27.4. The number of hydrogen-bond donors (Lipinski definition) is 4. The Labute approximate surface area is 355 Å². The van der Waals surface area contributed by atoms with Gasteiger partial charge in [-0.3, -0.25) is 4.79 Å². The van der Waals surface area contributed by atoms with Crippen molar-refractivity contribution in [1.82, 2.24) is 10.6 Å². The number of unbranched alkanes of at least 4 members (excludes halogenated alkanes) is 30. The monoisotopic (exact) mass is 803 g/mol. The van der Waals surface area contributed by atoms with Gasteiger partial charge >= 0.3 is 12.1 Å². The van der Waals surface area contributed by atoms with Gasteiger partial charge in [-0.15, -0.1) is 0 Å². The van der Waals surface area contributed by atoms with Crippen LogP contribution in [0.4, 0.5) is 21.0 Å². The van der Waals surface area contributed by atoms with E-state index in [0.29, 0.717) is 35.6 Å². The van der Waals surface area contributed by atoms with E-state index in [1.54, 1.807) is 30.3 Å². The number of hydrogen-bond acceptors (Lipinski definition) is 3. The van der Waals surface area contributed by atoms with E-state index in [-0.39, 0.29) is 17.8 Å². The number of anilines is 2. The molecule has 2 aromatic carbocycles. The van der Waals surface area contributed by atoms with Crippen LogP contribution < -0.4 is 21.3 Å². The van der Waals surface area contributed by atoms with Crippen molar-refractivity contribution < 1.29 is 14.4 Å². The van der Waals surface area contributed by atoms with Crippen molar-refractivity contribution in [1.29, 1.82) is 0 Å². The Bertz CT molecular complexity index is 1300. The van der Waals surface area contributed by atoms with Crippen LogP contribution >= 0.6 is 0 Å². The molecule has 0 saturated heterocycles. The number of benzene rings is 2. The van der Waals surface area contributed by atoms with Gasteiger partial charge in [0.2, 0.25) is 0 Å². The highest BCUT2D eigenvalue weighted by atomic mass is 16.2. The fourth-order valence-electron chi connectivity index (χ4n) is 7.74. The molecule has 0 heterocycles. The maximum Gasteiger partial charge on any atom is 0.319 e. The number of amides is 4. The summed E-state index contributed by atoms with van der Waals surface area (Å²) in [6.45, 7) is 5.73. The van der Waals surface area contributed by atoms with Crippen LogP contribution in [0.25, 0.3) is 0 Å². The molecule has 0 radical (unpaired) electrons. The minimum Gasteiger partial charge on any atom is -0.338 e. The Morgan fingerprint density at radius 3 is 1.05 bits per heavy atom. The molecule has 0 aliphatic rings. The largest absolute Gasteiger partial charge is 0.338 e. The van der Waals surface area contributed by atoms with Crippen molar-refractivity contribution in [2.24, 2.45) is 0 Å². The van der Waals surface area contributed by atoms with Crippen molar-refractivity contribution in [3.05, 3.63) is 59.7 Å². The molecule has 0 aliphatic carbocycles. The van der Waals surface area contributed by atoms with Crippen LogP contribution in [0, 0.1) is 0 Å². The summed E-state index contributed by atoms with van der Waals surface area (Å²) < 4.78 is 0. The predicted octanol–water partition coefficient (Wildman–Crippen LogP) is 15.7. The number of urea groups is 2. The molecule has 0 unspecified atom stereocenters. The van der Waals surface area contributed by atoms with Crippen LogP contribution in [-0.4, -0.2) is 30.9 Å². The molecule has 0 atom stereocenters. The van der Waals surface area contributed by atoms with Crippen LogP contribution in [0.3, 0.4) is 0 Å². The Hall–Kier alpha value is -3.35. The van der Waals surface area contributed by atoms with Gasteiger partial charge in [-0.1, -0.05) is 237 Å². The van der Waals surface area contributed by atoms with E-state index in [1.807, 2.05) is 18.2 Å². The number of rotatable bonds is 38. The van der Waals surface area contributed by atoms with Gasteiger partial charge in [-0.2, -0.15) is 0 Å². The average molecular weight is 803 g/mol. The molecule has 4 amide bonds. The number of carbonyl (C=O) groups is 3. The third-order valence-electron chi connectivity index (χ3n) is 11.4. The van der Waals surface area contributed by atoms with Gasteiger partial charge < -0.3 is 21.3 Å². The van der Waals surface area contributed by atoms with Gasteiger partial charge in [0.15, 0.2) is 5.78 Å². The molecule has 0 fully saturated rings. The second kappa shape index (κ2) is 36.7. The second-order valence-corrected chi connectivity index (χ2v) is 16.8. The highest BCUT2D eigenvalue weighted by molar-refractivity contribution is 6.11. The lowest BCUT2D eigenvalue weighted by molar-refractivity contribution is 0.103. The molecule has 0 aliphatic heterocycles. The number of carbonyl (C=O) groups excluding carboxylic acids is 3. The minimum absolute atomic E-state index is 0.142. The van der Waals surface area contributed by atoms with Crippen LogP contribution in [0.1, 0.15) is 235 Å². The van der Waals surface area contributed by atoms with Gasteiger partial charge in [0.1, 0.15) is 0 Å². The lowest BCUT2D eigenvalue weighted by Gasteiger charge is -2.15. The summed E-state index contributed by atoms with van der Waals surface area (Å²) >= 11 is 0. The van der Waals surface area contributed by atoms with Crippen molar-refractivity contribution in [3.63, 3.8) is 0 Å². The van der Waals surface area contributed by atoms with E-state index in [1.165, 1.54) is 180 Å². The summed E-state index contributed by atoms with van der Waals surface area (Å²) in [5.74, 6) is -0.142. The lowest BCUT2D eigenvalue weighted by Crippen LogP contribution is -2.32. The minimum atomic E-state index is -0.345. The van der Waals surface area contributed by atoms with E-state index in [2.05, 4.69) is 35.1 Å². The summed E-state index contributed by atoms with van der Waals surface area (Å²) in [4.78, 5) is 39.1. The molecule has 7 nitrogen and oxygen atoms in total. The fraction of sp³-hybridized carbons (Fsp3) is 0.706. The number of nitrogens with one attached hydrogen (secondary N) is 4. The summed E-state index contributed by atoms with van der Waals surface area (Å²) in [5.41, 5.74) is 1.85. The van der Waals surface area contributed by atoms with E-state index < -0.39 is 0 Å². The molecule has 0 spiro atoms. The molecule has 2 rings (SSSR count). The summed E-state index contributed by atoms with van der Waals surface area (Å²) in [6, 6.07) is 13.5. The fourth-order valence-corrected chi connectivity index (χ4v) is 7.74. The Morgan fingerprint density at radius 1 is 0.362 bits per heavy atom. The average Bonchev–Trinajstić information content (AvgIpc) is 3.23. The summed E-state index contributed by atoms with van der Waals surface area (Å²) in [7, 11) is 0. The van der Waals surface area contributed by atoms with E-state index in [4.69, 9.17) is 0 Å². The van der Waals surface area contributed by atoms with Crippen LogP contribution in [0.5, 0.6) is 0 Å². The van der Waals surface area contributed by atoms with Gasteiger partial charge in [0.05, 0.1) is 11.4 Å². The van der Waals surface area contributed by atoms with Gasteiger partial charge in [-0.25, -0.2) is 9.59 Å². The smallest absolute Gasteiger partial charge is 0.319 e. The molecule has 2 aromatic rings. The highest BCUT2D eigenvalue weighted by Crippen LogP contribution is 2.25. The topological polar surface area (TPSA) is 99.3 Å². The zero-order chi connectivity index (χ0) is 41.6. The second-order valence-electron chi connectivity index (χ2n) is 16.8. The first-order valence-corrected chi connectivity index (χ1v) is 24.4. The third-order valence-corrected chi connectivity index (χ3v) is 11.4. The van der Waals surface area contributed by atoms with Gasteiger partial charge in [0.25, 0.3) is 0 Å². The zero-order valence-corrected chi connectivity index (χ0v) is 37.4. The summed E-state index contributed by atoms with van der Waals surface area (Å²) in [5, 5.41) is 11.7. The molecule has 7 heteroatoms. The molecular formula is C51H86N4O3. The zero-order valence-electron chi connectivity index (χ0n) is 37.4. The van der Waals surface area contributed by atoms with Crippen molar-refractivity contribution >= 4 is 29.2 Å². The maximum atomic E-state index is 13.2. The predicted molar refractivity (Wildman–Crippen MR) is 249 cm³/mol. The Morgan fingerprint density at radius 2 is 0.690 bits per heavy atom. The molecule has 4 N–H and O–H groups in total. The van der Waals surface area contributed by atoms with Gasteiger partial charge in [-0.05, 0) is 31.0 Å². The van der Waals surface area contributed by atoms with Crippen LogP contribution in [0.2, 0.25) is 0 Å². The van der Waals surface area contributed by atoms with Crippen molar-refractivity contribution in [3.8, 4) is 0 Å². The quantitative estimate of drug-likeness (QED) is 0.0402. The van der Waals surface area contributed by atoms with Gasteiger partial charge in [0, 0.05) is 24.2 Å². The lowest BCUT2D eigenvalue weighted by atomic mass is 10.0. The van der Waals surface area contributed by atoms with Crippen molar-refractivity contribution in [2.75, 3.05) is 23.7 Å². The van der Waals surface area contributed by atoms with E-state index in [9.17, 15) is 14.4 Å². The summed E-state index contributed by atoms with van der Waals surface area (Å²) in [6.07, 6.45) is 42.0. The number of ketones is 1. The van der Waals surface area contributed by atoms with E-state index >= 15 is 0 Å². The molecule has 0 bridgehead atoms. The van der Waals surface area contributed by atoms with Crippen LogP contribution in [-0.2, 0) is 0 Å². The highest BCUT2D eigenvalue weighted by Gasteiger charge is 2.15. The Kier molecular flexibility index (Phi) is 32.1. The molecule has 0 saturated carbocycles. The first kappa shape index (κ1) is 50.8. The van der Waals surface area contributed by atoms with E-state index in [0.717, 1.165) is 25.7 Å². The molecule has 328 valence electrons. The standard InChI is InChI=1S/C51H86N4O3/c1-3-5-7-9-11-13-15-17-19-21-23-25-27-29-31-36-42-52-50(57)54-47-41-40-46(49(56)45-38-34-33-35-39-45)44-48(47)55-51(58)53-43-37-32-30-28-26-24-22-20-18-16-14-12-10-8-6-4-2/h33-35,38-41,44H,3-32,36-37,42-43H2,1-2H3,(H2,52,54,57)(H2,53,55,58). The SMILES string of the molecule is CCCCCCCCCCCCCCCCCCNC(=O)Nc1ccc(C(=O)c2ccccc2)cc1NC(=O)NCCCCCCCCCCCCCCCCCC. The molecule has 0 aromatic heterocycles. The van der Waals surface area contributed by atoms with Crippen molar-refractivity contribution in [2.45, 2.75) is 219 Å². The molecule has 58 heavy (non-hydrogen) atoms. The Balaban J connectivity index is 1.63.